The average Bonchev–Trinajstić information content (AvgIpc) is 2.64. The van der Waals surface area contributed by atoms with Crippen LogP contribution < -0.4 is 4.74 Å². The Bertz CT molecular complexity index is 486. The zero-order valence-corrected chi connectivity index (χ0v) is 10.2. The number of nitrogens with zero attached hydrogens (tertiary/aromatic N) is 1. The molecule has 0 unspecified atom stereocenters. The maximum Gasteiger partial charge on any atom is 0.159 e. The summed E-state index contributed by atoms with van der Waals surface area (Å²) in [5, 5.41) is 1.80. The van der Waals surface area contributed by atoms with Crippen LogP contribution in [0.15, 0.2) is 27.5 Å². The highest BCUT2D eigenvalue weighted by Crippen LogP contribution is 2.28. The quantitative estimate of drug-likeness (QED) is 0.840. The van der Waals surface area contributed by atoms with Crippen molar-refractivity contribution < 1.29 is 9.13 Å². The molecular formula is C10H7BrFNOS. The average molecular weight is 288 g/mol. The van der Waals surface area contributed by atoms with Gasteiger partial charge in [-0.05, 0) is 28.1 Å². The van der Waals surface area contributed by atoms with Gasteiger partial charge in [-0.25, -0.2) is 9.37 Å². The zero-order valence-electron chi connectivity index (χ0n) is 7.83. The zero-order chi connectivity index (χ0) is 10.8. The molecule has 0 saturated heterocycles. The molecular weight excluding hydrogens is 281 g/mol. The maximum absolute atomic E-state index is 13.6. The lowest BCUT2D eigenvalue weighted by Crippen LogP contribution is -1.88. The van der Waals surface area contributed by atoms with Gasteiger partial charge >= 0.3 is 0 Å². The minimum absolute atomic E-state index is 0.327. The molecule has 0 bridgehead atoms. The Kier molecular flexibility index (Phi) is 3.02. The van der Waals surface area contributed by atoms with Crippen molar-refractivity contribution in [1.82, 2.24) is 4.98 Å². The Hall–Kier alpha value is -0.940. The van der Waals surface area contributed by atoms with Crippen LogP contribution in [0.25, 0.3) is 11.3 Å². The fourth-order valence-corrected chi connectivity index (χ4v) is 2.22. The van der Waals surface area contributed by atoms with Crippen molar-refractivity contribution in [3.63, 3.8) is 0 Å². The first-order chi connectivity index (χ1) is 7.20. The van der Waals surface area contributed by atoms with Gasteiger partial charge in [0.2, 0.25) is 0 Å². The van der Waals surface area contributed by atoms with Gasteiger partial charge in [0, 0.05) is 17.0 Å². The molecule has 1 aromatic carbocycles. The highest BCUT2D eigenvalue weighted by Gasteiger charge is 2.09. The van der Waals surface area contributed by atoms with Gasteiger partial charge in [0.25, 0.3) is 0 Å². The van der Waals surface area contributed by atoms with Crippen LogP contribution in [0.1, 0.15) is 0 Å². The first kappa shape index (κ1) is 10.6. The van der Waals surface area contributed by atoms with E-state index in [1.54, 1.807) is 17.5 Å². The molecule has 1 heterocycles. The lowest BCUT2D eigenvalue weighted by Gasteiger charge is -2.02. The second-order valence-corrected chi connectivity index (χ2v) is 4.97. The monoisotopic (exact) mass is 287 g/mol. The summed E-state index contributed by atoms with van der Waals surface area (Å²) in [4.78, 5) is 4.15. The number of hydrogen-bond donors (Lipinski definition) is 0. The van der Waals surface area contributed by atoms with Crippen LogP contribution in [0.3, 0.4) is 0 Å². The largest absolute Gasteiger partial charge is 0.497 e. The van der Waals surface area contributed by atoms with Crippen molar-refractivity contribution in [2.75, 3.05) is 7.11 Å². The van der Waals surface area contributed by atoms with Crippen molar-refractivity contribution in [2.45, 2.75) is 0 Å². The third kappa shape index (κ3) is 2.18. The van der Waals surface area contributed by atoms with Gasteiger partial charge in [-0.2, -0.15) is 0 Å². The summed E-state index contributed by atoms with van der Waals surface area (Å²) in [5.41, 5.74) is 1.12. The summed E-state index contributed by atoms with van der Waals surface area (Å²) in [5.74, 6) is 0.178. The van der Waals surface area contributed by atoms with Crippen molar-refractivity contribution in [1.29, 1.82) is 0 Å². The Morgan fingerprint density at radius 3 is 2.80 bits per heavy atom. The van der Waals surface area contributed by atoms with Gasteiger partial charge in [0.15, 0.2) is 3.92 Å². The number of benzene rings is 1. The predicted molar refractivity (Wildman–Crippen MR) is 61.8 cm³/mol. The molecule has 0 radical (unpaired) electrons. The normalized spacial score (nSPS) is 10.3. The number of halogens is 2. The molecule has 0 fully saturated rings. The van der Waals surface area contributed by atoms with E-state index in [4.69, 9.17) is 4.74 Å². The van der Waals surface area contributed by atoms with Crippen LogP contribution in [0.5, 0.6) is 5.75 Å². The van der Waals surface area contributed by atoms with Crippen LogP contribution in [0.2, 0.25) is 0 Å². The molecule has 0 aliphatic rings. The third-order valence-corrected chi connectivity index (χ3v) is 3.29. The van der Waals surface area contributed by atoms with Gasteiger partial charge in [-0.1, -0.05) is 0 Å². The number of hydrogen-bond acceptors (Lipinski definition) is 3. The second kappa shape index (κ2) is 4.28. The Balaban J connectivity index is 2.45. The molecule has 78 valence electrons. The number of ether oxygens (including phenoxy) is 1. The molecule has 0 amide bonds. The van der Waals surface area contributed by atoms with Gasteiger partial charge in [-0.15, -0.1) is 11.3 Å². The van der Waals surface area contributed by atoms with E-state index in [0.717, 1.165) is 3.92 Å². The Morgan fingerprint density at radius 2 is 2.27 bits per heavy atom. The van der Waals surface area contributed by atoms with E-state index in [9.17, 15) is 4.39 Å². The third-order valence-electron chi connectivity index (χ3n) is 1.93. The molecule has 1 aromatic heterocycles. The Morgan fingerprint density at radius 1 is 1.47 bits per heavy atom. The molecule has 0 spiro atoms. The standard InChI is InChI=1S/C10H7BrFNOS/c1-14-6-2-3-7(8(12)4-6)9-5-15-10(11)13-9/h2-5H,1H3. The lowest BCUT2D eigenvalue weighted by molar-refractivity contribution is 0.411. The van der Waals surface area contributed by atoms with Gasteiger partial charge < -0.3 is 4.74 Å². The SMILES string of the molecule is COc1ccc(-c2csc(Br)n2)c(F)c1. The summed E-state index contributed by atoms with van der Waals surface area (Å²) in [6.45, 7) is 0. The topological polar surface area (TPSA) is 22.1 Å². The number of methoxy groups -OCH3 is 1. The summed E-state index contributed by atoms with van der Waals surface area (Å²) in [6, 6.07) is 4.73. The fraction of sp³-hybridized carbons (Fsp3) is 0.100. The van der Waals surface area contributed by atoms with E-state index in [1.807, 2.05) is 0 Å². The van der Waals surface area contributed by atoms with Crippen LogP contribution in [-0.2, 0) is 0 Å². The maximum atomic E-state index is 13.6. The van der Waals surface area contributed by atoms with Crippen molar-refractivity contribution in [2.24, 2.45) is 0 Å². The molecule has 2 aromatic rings. The molecule has 0 saturated carbocycles. The van der Waals surface area contributed by atoms with E-state index >= 15 is 0 Å². The van der Waals surface area contributed by atoms with Gasteiger partial charge in [-0.3, -0.25) is 0 Å². The van der Waals surface area contributed by atoms with Crippen molar-refractivity contribution in [3.05, 3.63) is 33.3 Å². The molecule has 0 aliphatic carbocycles. The van der Waals surface area contributed by atoms with E-state index in [0.29, 0.717) is 17.0 Å². The van der Waals surface area contributed by atoms with Crippen LogP contribution in [-0.4, -0.2) is 12.1 Å². The van der Waals surface area contributed by atoms with Crippen molar-refractivity contribution in [3.8, 4) is 17.0 Å². The van der Waals surface area contributed by atoms with E-state index in [1.165, 1.54) is 24.5 Å². The molecule has 0 aliphatic heterocycles. The Labute approximate surface area is 98.9 Å². The summed E-state index contributed by atoms with van der Waals surface area (Å²) >= 11 is 4.67. The second-order valence-electron chi connectivity index (χ2n) is 2.83. The van der Waals surface area contributed by atoms with Gasteiger partial charge in [0.1, 0.15) is 11.6 Å². The number of thiazole rings is 1. The van der Waals surface area contributed by atoms with Crippen LogP contribution in [0, 0.1) is 5.82 Å². The number of rotatable bonds is 2. The summed E-state index contributed by atoms with van der Waals surface area (Å²) in [6.07, 6.45) is 0. The molecule has 15 heavy (non-hydrogen) atoms. The van der Waals surface area contributed by atoms with Gasteiger partial charge in [0.05, 0.1) is 12.8 Å². The number of aromatic nitrogens is 1. The fourth-order valence-electron chi connectivity index (χ4n) is 1.21. The highest BCUT2D eigenvalue weighted by molar-refractivity contribution is 9.11. The predicted octanol–water partition coefficient (Wildman–Crippen LogP) is 3.72. The minimum atomic E-state index is -0.327. The van der Waals surface area contributed by atoms with E-state index < -0.39 is 0 Å². The molecule has 5 heteroatoms. The van der Waals surface area contributed by atoms with E-state index in [2.05, 4.69) is 20.9 Å². The van der Waals surface area contributed by atoms with E-state index in [-0.39, 0.29) is 5.82 Å². The highest BCUT2D eigenvalue weighted by atomic mass is 79.9. The summed E-state index contributed by atoms with van der Waals surface area (Å²) in [7, 11) is 1.51. The molecule has 2 nitrogen and oxygen atoms in total. The lowest BCUT2D eigenvalue weighted by atomic mass is 10.1. The molecule has 0 N–H and O–H groups in total. The smallest absolute Gasteiger partial charge is 0.159 e. The van der Waals surface area contributed by atoms with Crippen LogP contribution >= 0.6 is 27.3 Å². The first-order valence-electron chi connectivity index (χ1n) is 4.15. The molecule has 0 atom stereocenters. The van der Waals surface area contributed by atoms with Crippen molar-refractivity contribution >= 4 is 27.3 Å². The first-order valence-corrected chi connectivity index (χ1v) is 5.83. The molecule has 2 rings (SSSR count). The summed E-state index contributed by atoms with van der Waals surface area (Å²) < 4.78 is 19.3. The minimum Gasteiger partial charge on any atom is -0.497 e. The van der Waals surface area contributed by atoms with Crippen LogP contribution in [0.4, 0.5) is 4.39 Å².